The molecular formula is C19H21NO4. The van der Waals surface area contributed by atoms with E-state index >= 15 is 0 Å². The molecule has 5 nitrogen and oxygen atoms in total. The van der Waals surface area contributed by atoms with Crippen LogP contribution in [0.5, 0.6) is 5.75 Å². The van der Waals surface area contributed by atoms with E-state index in [1.807, 2.05) is 19.1 Å². The molecule has 126 valence electrons. The van der Waals surface area contributed by atoms with Crippen molar-refractivity contribution in [1.29, 1.82) is 0 Å². The van der Waals surface area contributed by atoms with Crippen molar-refractivity contribution in [2.45, 2.75) is 40.0 Å². The van der Waals surface area contributed by atoms with E-state index in [9.17, 15) is 14.9 Å². The highest BCUT2D eigenvalue weighted by atomic mass is 16.6. The molecule has 0 unspecified atom stereocenters. The summed E-state index contributed by atoms with van der Waals surface area (Å²) in [5.74, 6) is -0.0172. The molecule has 0 fully saturated rings. The van der Waals surface area contributed by atoms with Crippen LogP contribution in [0.25, 0.3) is 0 Å². The molecule has 0 aliphatic rings. The van der Waals surface area contributed by atoms with Crippen LogP contribution < -0.4 is 4.74 Å². The second kappa shape index (κ2) is 6.43. The van der Waals surface area contributed by atoms with Crippen molar-refractivity contribution in [2.24, 2.45) is 0 Å². The topological polar surface area (TPSA) is 69.4 Å². The van der Waals surface area contributed by atoms with Crippen molar-refractivity contribution in [1.82, 2.24) is 0 Å². The van der Waals surface area contributed by atoms with Crippen molar-refractivity contribution in [3.05, 3.63) is 68.8 Å². The molecule has 0 bridgehead atoms. The van der Waals surface area contributed by atoms with Gasteiger partial charge in [-0.1, -0.05) is 38.5 Å². The summed E-state index contributed by atoms with van der Waals surface area (Å²) in [6, 6.07) is 9.89. The number of aryl methyl sites for hydroxylation is 2. The van der Waals surface area contributed by atoms with Gasteiger partial charge in [0.2, 0.25) is 0 Å². The third kappa shape index (κ3) is 3.79. The maximum absolute atomic E-state index is 12.4. The fourth-order valence-electron chi connectivity index (χ4n) is 2.47. The molecule has 2 aromatic carbocycles. The number of carbonyl (C=O) groups is 1. The van der Waals surface area contributed by atoms with Crippen LogP contribution in [0.4, 0.5) is 5.69 Å². The summed E-state index contributed by atoms with van der Waals surface area (Å²) < 4.78 is 5.56. The van der Waals surface area contributed by atoms with Gasteiger partial charge in [-0.2, -0.15) is 0 Å². The summed E-state index contributed by atoms with van der Waals surface area (Å²) in [4.78, 5) is 22.8. The maximum Gasteiger partial charge on any atom is 0.343 e. The van der Waals surface area contributed by atoms with Crippen molar-refractivity contribution in [3.63, 3.8) is 0 Å². The third-order valence-corrected chi connectivity index (χ3v) is 3.77. The van der Waals surface area contributed by atoms with E-state index in [1.165, 1.54) is 18.2 Å². The minimum atomic E-state index is -0.526. The molecule has 0 saturated carbocycles. The van der Waals surface area contributed by atoms with E-state index in [-0.39, 0.29) is 11.1 Å². The average molecular weight is 327 g/mol. The van der Waals surface area contributed by atoms with E-state index < -0.39 is 10.9 Å². The predicted molar refractivity (Wildman–Crippen MR) is 92.7 cm³/mol. The van der Waals surface area contributed by atoms with Gasteiger partial charge in [0.15, 0.2) is 0 Å². The lowest BCUT2D eigenvalue weighted by molar-refractivity contribution is -0.385. The Labute approximate surface area is 141 Å². The second-order valence-electron chi connectivity index (χ2n) is 6.90. The Bertz CT molecular complexity index is 803. The quantitative estimate of drug-likeness (QED) is 0.354. The van der Waals surface area contributed by atoms with E-state index in [2.05, 4.69) is 20.8 Å². The zero-order chi connectivity index (χ0) is 18.1. The summed E-state index contributed by atoms with van der Waals surface area (Å²) in [6.07, 6.45) is 0. The molecular weight excluding hydrogens is 306 g/mol. The molecule has 5 heteroatoms. The predicted octanol–water partition coefficient (Wildman–Crippen LogP) is 4.73. The second-order valence-corrected chi connectivity index (χ2v) is 6.90. The summed E-state index contributed by atoms with van der Waals surface area (Å²) in [6.45, 7) is 9.74. The van der Waals surface area contributed by atoms with Gasteiger partial charge in [0.25, 0.3) is 5.69 Å². The van der Waals surface area contributed by atoms with Crippen LogP contribution >= 0.6 is 0 Å². The minimum absolute atomic E-state index is 0.0164. The van der Waals surface area contributed by atoms with Crippen LogP contribution in [0, 0.1) is 24.0 Å². The fraction of sp³-hybridized carbons (Fsp3) is 0.316. The lowest BCUT2D eigenvalue weighted by atomic mass is 9.85. The minimum Gasteiger partial charge on any atom is -0.423 e. The van der Waals surface area contributed by atoms with Gasteiger partial charge in [0.05, 0.1) is 10.5 Å². The molecule has 0 N–H and O–H groups in total. The standard InChI is InChI=1S/C19H21NO4/c1-12-6-9-17(15(10-12)19(3,4)5)24-18(21)14-7-8-16(20(22)23)13(2)11-14/h6-11H,1-5H3. The Morgan fingerprint density at radius 3 is 2.29 bits per heavy atom. The van der Waals surface area contributed by atoms with Crippen LogP contribution in [0.1, 0.15) is 47.8 Å². The first-order chi connectivity index (χ1) is 11.1. The van der Waals surface area contributed by atoms with Crippen molar-refractivity contribution in [2.75, 3.05) is 0 Å². The van der Waals surface area contributed by atoms with Gasteiger partial charge >= 0.3 is 5.97 Å². The number of nitro benzene ring substituents is 1. The zero-order valence-electron chi connectivity index (χ0n) is 14.5. The number of hydrogen-bond acceptors (Lipinski definition) is 4. The van der Waals surface area contributed by atoms with Gasteiger partial charge in [-0.3, -0.25) is 10.1 Å². The van der Waals surface area contributed by atoms with Crippen molar-refractivity contribution >= 4 is 11.7 Å². The summed E-state index contributed by atoms with van der Waals surface area (Å²) in [5, 5.41) is 10.9. The highest BCUT2D eigenvalue weighted by Crippen LogP contribution is 2.32. The zero-order valence-corrected chi connectivity index (χ0v) is 14.5. The number of rotatable bonds is 3. The van der Waals surface area contributed by atoms with Crippen LogP contribution in [0.15, 0.2) is 36.4 Å². The molecule has 0 spiro atoms. The van der Waals surface area contributed by atoms with Crippen LogP contribution in [0.3, 0.4) is 0 Å². The SMILES string of the molecule is Cc1ccc(OC(=O)c2ccc([N+](=O)[O-])c(C)c2)c(C(C)(C)C)c1. The normalized spacial score (nSPS) is 11.2. The summed E-state index contributed by atoms with van der Waals surface area (Å²) >= 11 is 0. The van der Waals surface area contributed by atoms with Gasteiger partial charge in [-0.15, -0.1) is 0 Å². The number of esters is 1. The lowest BCUT2D eigenvalue weighted by Crippen LogP contribution is -2.17. The summed E-state index contributed by atoms with van der Waals surface area (Å²) in [5.41, 5.74) is 2.55. The van der Waals surface area contributed by atoms with Crippen molar-refractivity contribution < 1.29 is 14.5 Å². The molecule has 2 aromatic rings. The smallest absolute Gasteiger partial charge is 0.343 e. The number of hydrogen-bond donors (Lipinski definition) is 0. The van der Waals surface area contributed by atoms with Gasteiger partial charge in [0.1, 0.15) is 5.75 Å². The van der Waals surface area contributed by atoms with E-state index in [1.54, 1.807) is 13.0 Å². The fourth-order valence-corrected chi connectivity index (χ4v) is 2.47. The number of ether oxygens (including phenoxy) is 1. The summed E-state index contributed by atoms with van der Waals surface area (Å²) in [7, 11) is 0. The van der Waals surface area contributed by atoms with E-state index in [4.69, 9.17) is 4.74 Å². The Morgan fingerprint density at radius 1 is 1.08 bits per heavy atom. The monoisotopic (exact) mass is 327 g/mol. The van der Waals surface area contributed by atoms with Crippen LogP contribution in [0.2, 0.25) is 0 Å². The van der Waals surface area contributed by atoms with Gasteiger partial charge in [-0.25, -0.2) is 4.79 Å². The molecule has 24 heavy (non-hydrogen) atoms. The maximum atomic E-state index is 12.4. The van der Waals surface area contributed by atoms with E-state index in [0.717, 1.165) is 11.1 Å². The number of benzene rings is 2. The Kier molecular flexibility index (Phi) is 4.73. The van der Waals surface area contributed by atoms with Gasteiger partial charge in [0, 0.05) is 17.2 Å². The number of nitrogens with zero attached hydrogens (tertiary/aromatic N) is 1. The first-order valence-corrected chi connectivity index (χ1v) is 7.68. The molecule has 2 rings (SSSR count). The molecule has 0 aliphatic heterocycles. The highest BCUT2D eigenvalue weighted by molar-refractivity contribution is 5.91. The van der Waals surface area contributed by atoms with Gasteiger partial charge < -0.3 is 4.74 Å². The number of nitro groups is 1. The first kappa shape index (κ1) is 17.7. The first-order valence-electron chi connectivity index (χ1n) is 7.68. The molecule has 0 saturated heterocycles. The lowest BCUT2D eigenvalue weighted by Gasteiger charge is -2.22. The molecule has 0 aromatic heterocycles. The molecule has 0 atom stereocenters. The Hall–Kier alpha value is -2.69. The molecule has 0 amide bonds. The molecule has 0 heterocycles. The highest BCUT2D eigenvalue weighted by Gasteiger charge is 2.22. The van der Waals surface area contributed by atoms with Crippen molar-refractivity contribution in [3.8, 4) is 5.75 Å². The molecule has 0 radical (unpaired) electrons. The largest absolute Gasteiger partial charge is 0.423 e. The Morgan fingerprint density at radius 2 is 1.75 bits per heavy atom. The molecule has 0 aliphatic carbocycles. The number of carbonyl (C=O) groups excluding carboxylic acids is 1. The Balaban J connectivity index is 2.34. The average Bonchev–Trinajstić information content (AvgIpc) is 2.47. The van der Waals surface area contributed by atoms with Gasteiger partial charge in [-0.05, 0) is 37.5 Å². The van der Waals surface area contributed by atoms with Crippen LogP contribution in [-0.2, 0) is 5.41 Å². The third-order valence-electron chi connectivity index (χ3n) is 3.77. The van der Waals surface area contributed by atoms with E-state index in [0.29, 0.717) is 16.9 Å². The van der Waals surface area contributed by atoms with Crippen LogP contribution in [-0.4, -0.2) is 10.9 Å².